The topological polar surface area (TPSA) is 47.0 Å². The molecule has 0 amide bonds. The first kappa shape index (κ1) is 15.4. The summed E-state index contributed by atoms with van der Waals surface area (Å²) in [4.78, 5) is 11.6. The minimum atomic E-state index is 0.679. The zero-order valence-electron chi connectivity index (χ0n) is 14.0. The minimum Gasteiger partial charge on any atom is -0.494 e. The first-order valence-corrected chi connectivity index (χ1v) is 9.31. The standard InChI is InChI=1S/C19H21N3OS/c1-3-23-14-7-5-13(6-8-14)22-18-17-15-10-12(2)4-9-16(15)24-19(17)21-11-20-18/h5-8,11-12H,3-4,9-10H2,1-2H3,(H,20,21,22)/t12-/m0/s1. The van der Waals surface area contributed by atoms with Gasteiger partial charge in [-0.2, -0.15) is 0 Å². The number of nitrogens with zero attached hydrogens (tertiary/aromatic N) is 2. The molecule has 2 aromatic heterocycles. The Labute approximate surface area is 145 Å². The van der Waals surface area contributed by atoms with Crippen molar-refractivity contribution in [1.82, 2.24) is 9.97 Å². The summed E-state index contributed by atoms with van der Waals surface area (Å²) < 4.78 is 5.50. The van der Waals surface area contributed by atoms with Crippen LogP contribution in [0.15, 0.2) is 30.6 Å². The molecule has 1 aliphatic rings. The Morgan fingerprint density at radius 1 is 1.25 bits per heavy atom. The summed E-state index contributed by atoms with van der Waals surface area (Å²) in [6, 6.07) is 8.02. The summed E-state index contributed by atoms with van der Waals surface area (Å²) in [6.07, 6.45) is 5.22. The molecule has 4 nitrogen and oxygen atoms in total. The van der Waals surface area contributed by atoms with E-state index in [1.165, 1.54) is 28.7 Å². The molecule has 0 fully saturated rings. The first-order valence-electron chi connectivity index (χ1n) is 8.49. The van der Waals surface area contributed by atoms with Gasteiger partial charge in [0.05, 0.1) is 12.0 Å². The van der Waals surface area contributed by atoms with Gasteiger partial charge in [0.15, 0.2) is 0 Å². The monoisotopic (exact) mass is 339 g/mol. The van der Waals surface area contributed by atoms with E-state index in [0.717, 1.165) is 34.4 Å². The van der Waals surface area contributed by atoms with Crippen LogP contribution in [-0.4, -0.2) is 16.6 Å². The summed E-state index contributed by atoms with van der Waals surface area (Å²) in [7, 11) is 0. The van der Waals surface area contributed by atoms with E-state index in [-0.39, 0.29) is 0 Å². The summed E-state index contributed by atoms with van der Waals surface area (Å²) in [5.41, 5.74) is 2.46. The SMILES string of the molecule is CCOc1ccc(Nc2ncnc3sc4c(c23)C[C@@H](C)CC4)cc1. The van der Waals surface area contributed by atoms with E-state index >= 15 is 0 Å². The zero-order valence-corrected chi connectivity index (χ0v) is 14.8. The number of hydrogen-bond acceptors (Lipinski definition) is 5. The molecule has 4 rings (SSSR count). The van der Waals surface area contributed by atoms with Crippen molar-refractivity contribution in [2.75, 3.05) is 11.9 Å². The molecule has 1 atom stereocenters. The number of rotatable bonds is 4. The van der Waals surface area contributed by atoms with Gasteiger partial charge in [-0.05, 0) is 61.9 Å². The molecule has 0 spiro atoms. The maximum atomic E-state index is 5.50. The second-order valence-corrected chi connectivity index (χ2v) is 7.42. The molecule has 0 saturated carbocycles. The molecule has 0 radical (unpaired) electrons. The average Bonchev–Trinajstić information content (AvgIpc) is 2.96. The normalized spacial score (nSPS) is 16.8. The molecule has 1 aliphatic carbocycles. The van der Waals surface area contributed by atoms with E-state index in [9.17, 15) is 0 Å². The highest BCUT2D eigenvalue weighted by atomic mass is 32.1. The van der Waals surface area contributed by atoms with E-state index in [0.29, 0.717) is 6.61 Å². The molecule has 0 aliphatic heterocycles. The van der Waals surface area contributed by atoms with Gasteiger partial charge in [0, 0.05) is 10.6 Å². The third-order valence-electron chi connectivity index (χ3n) is 4.52. The van der Waals surface area contributed by atoms with Crippen LogP contribution in [0, 0.1) is 5.92 Å². The molecular formula is C19H21N3OS. The quantitative estimate of drug-likeness (QED) is 0.730. The lowest BCUT2D eigenvalue weighted by Crippen LogP contribution is -2.09. The van der Waals surface area contributed by atoms with Gasteiger partial charge in [-0.3, -0.25) is 0 Å². The predicted molar refractivity (Wildman–Crippen MR) is 99.5 cm³/mol. The number of nitrogens with one attached hydrogen (secondary N) is 1. The molecule has 0 saturated heterocycles. The van der Waals surface area contributed by atoms with Crippen molar-refractivity contribution >= 4 is 33.1 Å². The fourth-order valence-electron chi connectivity index (χ4n) is 3.32. The van der Waals surface area contributed by atoms with Gasteiger partial charge < -0.3 is 10.1 Å². The van der Waals surface area contributed by atoms with Crippen molar-refractivity contribution in [3.05, 3.63) is 41.0 Å². The lowest BCUT2D eigenvalue weighted by molar-refractivity contribution is 0.340. The highest BCUT2D eigenvalue weighted by Crippen LogP contribution is 2.40. The van der Waals surface area contributed by atoms with Crippen LogP contribution in [0.2, 0.25) is 0 Å². The number of thiophene rings is 1. The number of benzene rings is 1. The van der Waals surface area contributed by atoms with Crippen molar-refractivity contribution in [3.8, 4) is 5.75 Å². The maximum absolute atomic E-state index is 5.50. The fourth-order valence-corrected chi connectivity index (χ4v) is 4.50. The second kappa shape index (κ2) is 6.40. The van der Waals surface area contributed by atoms with Crippen LogP contribution in [0.1, 0.15) is 30.7 Å². The molecular weight excluding hydrogens is 318 g/mol. The van der Waals surface area contributed by atoms with Gasteiger partial charge in [0.25, 0.3) is 0 Å². The molecule has 124 valence electrons. The second-order valence-electron chi connectivity index (χ2n) is 6.34. The van der Waals surface area contributed by atoms with Crippen LogP contribution in [0.3, 0.4) is 0 Å². The summed E-state index contributed by atoms with van der Waals surface area (Å²) in [5, 5.41) is 4.67. The first-order chi connectivity index (χ1) is 11.7. The predicted octanol–water partition coefficient (Wildman–Crippen LogP) is 4.96. The largest absolute Gasteiger partial charge is 0.494 e. The smallest absolute Gasteiger partial charge is 0.142 e. The summed E-state index contributed by atoms with van der Waals surface area (Å²) in [5.74, 6) is 2.53. The van der Waals surface area contributed by atoms with Crippen molar-refractivity contribution < 1.29 is 4.74 Å². The highest BCUT2D eigenvalue weighted by molar-refractivity contribution is 7.19. The molecule has 0 bridgehead atoms. The number of hydrogen-bond donors (Lipinski definition) is 1. The van der Waals surface area contributed by atoms with Crippen molar-refractivity contribution in [2.24, 2.45) is 5.92 Å². The van der Waals surface area contributed by atoms with Crippen LogP contribution in [0.4, 0.5) is 11.5 Å². The third-order valence-corrected chi connectivity index (χ3v) is 5.72. The van der Waals surface area contributed by atoms with Gasteiger partial charge in [-0.25, -0.2) is 9.97 Å². The Balaban J connectivity index is 1.70. The molecule has 24 heavy (non-hydrogen) atoms. The fraction of sp³-hybridized carbons (Fsp3) is 0.368. The van der Waals surface area contributed by atoms with Gasteiger partial charge in [0.1, 0.15) is 22.7 Å². The van der Waals surface area contributed by atoms with Crippen molar-refractivity contribution in [2.45, 2.75) is 33.1 Å². The van der Waals surface area contributed by atoms with Gasteiger partial charge >= 0.3 is 0 Å². The van der Waals surface area contributed by atoms with Gasteiger partial charge in [-0.15, -0.1) is 11.3 Å². The number of ether oxygens (including phenoxy) is 1. The maximum Gasteiger partial charge on any atom is 0.142 e. The lowest BCUT2D eigenvalue weighted by Gasteiger charge is -2.18. The van der Waals surface area contributed by atoms with Crippen LogP contribution in [-0.2, 0) is 12.8 Å². The zero-order chi connectivity index (χ0) is 16.5. The van der Waals surface area contributed by atoms with E-state index in [1.54, 1.807) is 6.33 Å². The average molecular weight is 339 g/mol. The third kappa shape index (κ3) is 2.84. The Kier molecular flexibility index (Phi) is 4.10. The molecule has 3 aromatic rings. The molecule has 1 N–H and O–H groups in total. The Morgan fingerprint density at radius 3 is 2.88 bits per heavy atom. The summed E-state index contributed by atoms with van der Waals surface area (Å²) >= 11 is 1.82. The van der Waals surface area contributed by atoms with Crippen molar-refractivity contribution in [1.29, 1.82) is 0 Å². The van der Waals surface area contributed by atoms with E-state index < -0.39 is 0 Å². The van der Waals surface area contributed by atoms with Crippen LogP contribution in [0.25, 0.3) is 10.2 Å². The van der Waals surface area contributed by atoms with Gasteiger partial charge in [-0.1, -0.05) is 6.92 Å². The van der Waals surface area contributed by atoms with E-state index in [4.69, 9.17) is 4.74 Å². The Morgan fingerprint density at radius 2 is 2.08 bits per heavy atom. The number of aryl methyl sites for hydroxylation is 1. The molecule has 1 aromatic carbocycles. The molecule has 5 heteroatoms. The van der Waals surface area contributed by atoms with Crippen LogP contribution >= 0.6 is 11.3 Å². The summed E-state index contributed by atoms with van der Waals surface area (Å²) in [6.45, 7) is 5.00. The number of aromatic nitrogens is 2. The minimum absolute atomic E-state index is 0.679. The van der Waals surface area contributed by atoms with Gasteiger partial charge in [0.2, 0.25) is 0 Å². The Bertz CT molecular complexity index is 857. The lowest BCUT2D eigenvalue weighted by atomic mass is 9.88. The van der Waals surface area contributed by atoms with Crippen LogP contribution < -0.4 is 10.1 Å². The van der Waals surface area contributed by atoms with E-state index in [2.05, 4.69) is 22.2 Å². The molecule has 0 unspecified atom stereocenters. The molecule has 2 heterocycles. The van der Waals surface area contributed by atoms with E-state index in [1.807, 2.05) is 42.5 Å². The number of anilines is 2. The highest BCUT2D eigenvalue weighted by Gasteiger charge is 2.23. The number of fused-ring (bicyclic) bond motifs is 3. The van der Waals surface area contributed by atoms with Crippen LogP contribution in [0.5, 0.6) is 5.75 Å². The van der Waals surface area contributed by atoms with Crippen molar-refractivity contribution in [3.63, 3.8) is 0 Å². The Hall–Kier alpha value is -2.14.